The van der Waals surface area contributed by atoms with Crippen molar-refractivity contribution in [3.05, 3.63) is 206 Å². The number of benzene rings is 9. The minimum absolute atomic E-state index is 0.855. The molecule has 2 heterocycles. The van der Waals surface area contributed by atoms with Crippen LogP contribution in [0.25, 0.3) is 82.5 Å². The topological polar surface area (TPSA) is 21.3 Å². The molecule has 0 aliphatic heterocycles. The fourth-order valence-electron chi connectivity index (χ4n) is 8.48. The van der Waals surface area contributed by atoms with E-state index in [0.29, 0.717) is 0 Å². The summed E-state index contributed by atoms with van der Waals surface area (Å²) in [6.07, 6.45) is 0. The van der Waals surface area contributed by atoms with Crippen molar-refractivity contribution in [3.8, 4) is 27.9 Å². The number of hydrogen-bond acceptors (Lipinski definition) is 2. The van der Waals surface area contributed by atoms with E-state index in [1.54, 1.807) is 0 Å². The highest BCUT2D eigenvalue weighted by molar-refractivity contribution is 6.10. The van der Waals surface area contributed by atoms with Crippen molar-refractivity contribution in [2.75, 3.05) is 4.90 Å². The zero-order chi connectivity index (χ0) is 36.3. The lowest BCUT2D eigenvalue weighted by atomic mass is 9.94. The first-order chi connectivity index (χ1) is 27.3. The molecule has 9 aromatic carbocycles. The number of rotatable bonds is 6. The van der Waals surface area contributed by atoms with Crippen LogP contribution in [0.15, 0.2) is 211 Å². The smallest absolute Gasteiger partial charge is 0.137 e. The van der Waals surface area contributed by atoms with Crippen LogP contribution in [0.1, 0.15) is 0 Å². The second-order valence-corrected chi connectivity index (χ2v) is 14.1. The number of para-hydroxylation sites is 3. The fraction of sp³-hybridized carbons (Fsp3) is 0. The SMILES string of the molecule is c1ccc(-c2ccc(-c3cccc4ccccc34)cc2N(c2cccc(-n3c4ccccc4c4ccccc43)c2)c2ccc3c(c2)oc2ccccc23)cc1. The average molecular weight is 703 g/mol. The van der Waals surface area contributed by atoms with E-state index in [-0.39, 0.29) is 0 Å². The molecule has 0 saturated heterocycles. The van der Waals surface area contributed by atoms with Crippen LogP contribution < -0.4 is 4.90 Å². The summed E-state index contributed by atoms with van der Waals surface area (Å²) >= 11 is 0. The van der Waals surface area contributed by atoms with Gasteiger partial charge >= 0.3 is 0 Å². The highest BCUT2D eigenvalue weighted by Crippen LogP contribution is 2.46. The Bertz CT molecular complexity index is 3170. The highest BCUT2D eigenvalue weighted by atomic mass is 16.3. The number of nitrogens with zero attached hydrogens (tertiary/aromatic N) is 2. The van der Waals surface area contributed by atoms with E-state index < -0.39 is 0 Å². The molecule has 11 rings (SSSR count). The van der Waals surface area contributed by atoms with Crippen molar-refractivity contribution in [1.29, 1.82) is 0 Å². The fourth-order valence-corrected chi connectivity index (χ4v) is 8.48. The summed E-state index contributed by atoms with van der Waals surface area (Å²) < 4.78 is 8.91. The standard InChI is InChI=1S/C52H34N2O/c1-2-14-36(15-3-1)43-30-28-37(42-24-12-17-35-16-4-5-20-41(35)42)32-50(43)53(40-29-31-47-46-23-8-11-27-51(46)55-52(47)34-40)38-18-13-19-39(33-38)54-48-25-9-6-21-44(48)45-22-7-10-26-49(45)54/h1-34H. The average Bonchev–Trinajstić information content (AvgIpc) is 3.79. The summed E-state index contributed by atoms with van der Waals surface area (Å²) in [6, 6.07) is 74.1. The van der Waals surface area contributed by atoms with Crippen LogP contribution in [0.4, 0.5) is 17.1 Å². The Hall–Kier alpha value is -7.36. The molecule has 0 aliphatic carbocycles. The second-order valence-electron chi connectivity index (χ2n) is 14.1. The van der Waals surface area contributed by atoms with Gasteiger partial charge in [-0.2, -0.15) is 0 Å². The van der Waals surface area contributed by atoms with Crippen LogP contribution in [0, 0.1) is 0 Å². The van der Waals surface area contributed by atoms with Crippen LogP contribution >= 0.6 is 0 Å². The number of fused-ring (bicyclic) bond motifs is 7. The lowest BCUT2D eigenvalue weighted by molar-refractivity contribution is 0.669. The largest absolute Gasteiger partial charge is 0.456 e. The molecule has 0 spiro atoms. The summed E-state index contributed by atoms with van der Waals surface area (Å²) in [6.45, 7) is 0. The predicted octanol–water partition coefficient (Wildman–Crippen LogP) is 14.6. The Kier molecular flexibility index (Phi) is 7.17. The second kappa shape index (κ2) is 12.6. The molecule has 258 valence electrons. The molecule has 0 N–H and O–H groups in total. The van der Waals surface area contributed by atoms with Gasteiger partial charge < -0.3 is 13.9 Å². The van der Waals surface area contributed by atoms with Crippen LogP contribution in [-0.2, 0) is 0 Å². The maximum atomic E-state index is 6.52. The van der Waals surface area contributed by atoms with Gasteiger partial charge in [0.25, 0.3) is 0 Å². The molecule has 0 radical (unpaired) electrons. The van der Waals surface area contributed by atoms with Crippen molar-refractivity contribution < 1.29 is 4.42 Å². The van der Waals surface area contributed by atoms with Gasteiger partial charge in [-0.25, -0.2) is 0 Å². The molecular formula is C52H34N2O. The summed E-state index contributed by atoms with van der Waals surface area (Å²) in [4.78, 5) is 2.40. The van der Waals surface area contributed by atoms with Gasteiger partial charge in [-0.1, -0.05) is 146 Å². The summed E-state index contributed by atoms with van der Waals surface area (Å²) in [5.41, 5.74) is 13.0. The quantitative estimate of drug-likeness (QED) is 0.172. The Morgan fingerprint density at radius 2 is 1.00 bits per heavy atom. The third-order valence-corrected chi connectivity index (χ3v) is 11.0. The van der Waals surface area contributed by atoms with Gasteiger partial charge in [-0.15, -0.1) is 0 Å². The van der Waals surface area contributed by atoms with Gasteiger partial charge in [0.1, 0.15) is 11.2 Å². The normalized spacial score (nSPS) is 11.6. The molecule has 0 amide bonds. The molecule has 0 bridgehead atoms. The zero-order valence-electron chi connectivity index (χ0n) is 29.9. The van der Waals surface area contributed by atoms with Gasteiger partial charge in [-0.05, 0) is 82.1 Å². The van der Waals surface area contributed by atoms with E-state index in [0.717, 1.165) is 61.4 Å². The van der Waals surface area contributed by atoms with Gasteiger partial charge in [0.2, 0.25) is 0 Å². The summed E-state index contributed by atoms with van der Waals surface area (Å²) in [5, 5.41) is 7.15. The van der Waals surface area contributed by atoms with E-state index in [1.807, 2.05) is 12.1 Å². The predicted molar refractivity (Wildman–Crippen MR) is 231 cm³/mol. The molecule has 55 heavy (non-hydrogen) atoms. The lowest BCUT2D eigenvalue weighted by Gasteiger charge is -2.29. The molecule has 0 atom stereocenters. The molecule has 3 nitrogen and oxygen atoms in total. The molecule has 11 aromatic rings. The van der Waals surface area contributed by atoms with Gasteiger partial charge in [0.15, 0.2) is 0 Å². The number of anilines is 3. The number of hydrogen-bond donors (Lipinski definition) is 0. The summed E-state index contributed by atoms with van der Waals surface area (Å²) in [7, 11) is 0. The first-order valence-corrected chi connectivity index (χ1v) is 18.8. The van der Waals surface area contributed by atoms with Gasteiger partial charge in [0, 0.05) is 50.2 Å². The van der Waals surface area contributed by atoms with E-state index in [4.69, 9.17) is 4.42 Å². The van der Waals surface area contributed by atoms with Crippen LogP contribution in [0.2, 0.25) is 0 Å². The minimum Gasteiger partial charge on any atom is -0.456 e. The minimum atomic E-state index is 0.855. The monoisotopic (exact) mass is 702 g/mol. The zero-order valence-corrected chi connectivity index (χ0v) is 29.9. The summed E-state index contributed by atoms with van der Waals surface area (Å²) in [5.74, 6) is 0. The Morgan fingerprint density at radius 3 is 1.82 bits per heavy atom. The number of furan rings is 1. The van der Waals surface area contributed by atoms with Crippen LogP contribution in [0.5, 0.6) is 0 Å². The molecule has 0 fully saturated rings. The van der Waals surface area contributed by atoms with Gasteiger partial charge in [-0.3, -0.25) is 0 Å². The van der Waals surface area contributed by atoms with E-state index in [9.17, 15) is 0 Å². The first-order valence-electron chi connectivity index (χ1n) is 18.8. The number of aromatic nitrogens is 1. The van der Waals surface area contributed by atoms with Gasteiger partial charge in [0.05, 0.1) is 16.7 Å². The Morgan fingerprint density at radius 1 is 0.364 bits per heavy atom. The molecule has 3 heteroatoms. The van der Waals surface area contributed by atoms with Crippen molar-refractivity contribution in [3.63, 3.8) is 0 Å². The third-order valence-electron chi connectivity index (χ3n) is 11.0. The Balaban J connectivity index is 1.20. The lowest BCUT2D eigenvalue weighted by Crippen LogP contribution is -2.12. The van der Waals surface area contributed by atoms with Crippen molar-refractivity contribution in [1.82, 2.24) is 4.57 Å². The van der Waals surface area contributed by atoms with E-state index in [1.165, 1.54) is 38.1 Å². The van der Waals surface area contributed by atoms with E-state index >= 15 is 0 Å². The van der Waals surface area contributed by atoms with Crippen molar-refractivity contribution >= 4 is 71.6 Å². The first kappa shape index (κ1) is 31.2. The molecule has 2 aromatic heterocycles. The Labute approximate surface area is 318 Å². The highest BCUT2D eigenvalue weighted by Gasteiger charge is 2.22. The third kappa shape index (κ3) is 5.13. The molecule has 0 unspecified atom stereocenters. The van der Waals surface area contributed by atoms with Crippen LogP contribution in [-0.4, -0.2) is 4.57 Å². The van der Waals surface area contributed by atoms with E-state index in [2.05, 4.69) is 204 Å². The van der Waals surface area contributed by atoms with Crippen LogP contribution in [0.3, 0.4) is 0 Å². The molecular weight excluding hydrogens is 669 g/mol. The van der Waals surface area contributed by atoms with Crippen molar-refractivity contribution in [2.24, 2.45) is 0 Å². The molecule has 0 saturated carbocycles. The maximum Gasteiger partial charge on any atom is 0.137 e. The van der Waals surface area contributed by atoms with Crippen molar-refractivity contribution in [2.45, 2.75) is 0 Å². The maximum absolute atomic E-state index is 6.52. The molecule has 0 aliphatic rings.